The van der Waals surface area contributed by atoms with Crippen LogP contribution in [0.5, 0.6) is 0 Å². The minimum absolute atomic E-state index is 0.391. The molecule has 0 spiro atoms. The molecule has 5 nitrogen and oxygen atoms in total. The van der Waals surface area contributed by atoms with Crippen molar-refractivity contribution in [3.05, 3.63) is 35.4 Å². The van der Waals surface area contributed by atoms with Crippen molar-refractivity contribution in [2.45, 2.75) is 38.8 Å². The van der Waals surface area contributed by atoms with Crippen LogP contribution in [0.2, 0.25) is 0 Å². The van der Waals surface area contributed by atoms with Crippen molar-refractivity contribution in [1.29, 1.82) is 0 Å². The van der Waals surface area contributed by atoms with Gasteiger partial charge in [-0.05, 0) is 18.9 Å². The first kappa shape index (κ1) is 15.2. The number of hydrogen-bond acceptors (Lipinski definition) is 3. The van der Waals surface area contributed by atoms with Crippen molar-refractivity contribution in [2.75, 3.05) is 0 Å². The first-order valence-corrected chi connectivity index (χ1v) is 6.31. The van der Waals surface area contributed by atoms with Crippen molar-refractivity contribution < 1.29 is 14.7 Å². The Bertz CT molecular complexity index is 443. The Morgan fingerprint density at radius 2 is 1.89 bits per heavy atom. The highest BCUT2D eigenvalue weighted by atomic mass is 16.4. The summed E-state index contributed by atoms with van der Waals surface area (Å²) in [4.78, 5) is 22.9. The third-order valence-corrected chi connectivity index (χ3v) is 2.91. The zero-order valence-electron chi connectivity index (χ0n) is 11.2. The second-order valence-corrected chi connectivity index (χ2v) is 4.58. The SMILES string of the molecule is CCCC(NC(=O)C(N)c1ccc(C)cc1)C(=O)O. The van der Waals surface area contributed by atoms with Gasteiger partial charge in [-0.1, -0.05) is 43.2 Å². The minimum Gasteiger partial charge on any atom is -0.480 e. The average Bonchev–Trinajstić information content (AvgIpc) is 2.38. The fourth-order valence-corrected chi connectivity index (χ4v) is 1.73. The lowest BCUT2D eigenvalue weighted by Crippen LogP contribution is -2.44. The standard InChI is InChI=1S/C14H20N2O3/c1-3-4-11(14(18)19)16-13(17)12(15)10-7-5-9(2)6-8-10/h5-8,11-12H,3-4,15H2,1-2H3,(H,16,17)(H,18,19). The number of carbonyl (C=O) groups excluding carboxylic acids is 1. The van der Waals surface area contributed by atoms with Gasteiger partial charge in [-0.25, -0.2) is 4.79 Å². The van der Waals surface area contributed by atoms with E-state index in [1.165, 1.54) is 0 Å². The summed E-state index contributed by atoms with van der Waals surface area (Å²) in [5.41, 5.74) is 7.57. The minimum atomic E-state index is -1.04. The Kier molecular flexibility index (Phi) is 5.51. The summed E-state index contributed by atoms with van der Waals surface area (Å²) in [6.45, 7) is 3.80. The molecule has 0 aliphatic heterocycles. The predicted octanol–water partition coefficient (Wildman–Crippen LogP) is 1.36. The van der Waals surface area contributed by atoms with E-state index in [9.17, 15) is 9.59 Å². The van der Waals surface area contributed by atoms with E-state index in [4.69, 9.17) is 10.8 Å². The molecule has 0 fully saturated rings. The largest absolute Gasteiger partial charge is 0.480 e. The number of nitrogens with two attached hydrogens (primary N) is 1. The molecular weight excluding hydrogens is 244 g/mol. The van der Waals surface area contributed by atoms with Crippen LogP contribution in [-0.4, -0.2) is 23.0 Å². The van der Waals surface area contributed by atoms with E-state index < -0.39 is 24.0 Å². The number of aliphatic carboxylic acids is 1. The number of rotatable bonds is 6. The Morgan fingerprint density at radius 1 is 1.32 bits per heavy atom. The number of carboxylic acid groups (broad SMARTS) is 1. The molecule has 1 aromatic rings. The summed E-state index contributed by atoms with van der Waals surface area (Å²) in [7, 11) is 0. The molecule has 0 saturated carbocycles. The maximum absolute atomic E-state index is 11.9. The fraction of sp³-hybridized carbons (Fsp3) is 0.429. The van der Waals surface area contributed by atoms with Gasteiger partial charge in [0, 0.05) is 0 Å². The summed E-state index contributed by atoms with van der Waals surface area (Å²) in [5.74, 6) is -1.50. The quantitative estimate of drug-likeness (QED) is 0.723. The number of aryl methyl sites for hydroxylation is 1. The molecule has 0 aromatic heterocycles. The van der Waals surface area contributed by atoms with Crippen LogP contribution in [0.25, 0.3) is 0 Å². The molecule has 5 heteroatoms. The van der Waals surface area contributed by atoms with Crippen LogP contribution < -0.4 is 11.1 Å². The van der Waals surface area contributed by atoms with Gasteiger partial charge in [-0.3, -0.25) is 4.79 Å². The monoisotopic (exact) mass is 264 g/mol. The van der Waals surface area contributed by atoms with Crippen molar-refractivity contribution in [3.63, 3.8) is 0 Å². The van der Waals surface area contributed by atoms with Gasteiger partial charge in [-0.2, -0.15) is 0 Å². The molecule has 0 aliphatic rings. The normalized spacial score (nSPS) is 13.6. The summed E-state index contributed by atoms with van der Waals surface area (Å²) in [6.07, 6.45) is 1.07. The number of amides is 1. The van der Waals surface area contributed by atoms with Crippen molar-refractivity contribution in [2.24, 2.45) is 5.73 Å². The maximum atomic E-state index is 11.9. The number of benzene rings is 1. The molecule has 0 heterocycles. The zero-order chi connectivity index (χ0) is 14.4. The van der Waals surface area contributed by atoms with Crippen molar-refractivity contribution in [1.82, 2.24) is 5.32 Å². The Hall–Kier alpha value is -1.88. The highest BCUT2D eigenvalue weighted by Crippen LogP contribution is 2.12. The van der Waals surface area contributed by atoms with Gasteiger partial charge < -0.3 is 16.2 Å². The van der Waals surface area contributed by atoms with Crippen LogP contribution in [0, 0.1) is 6.92 Å². The van der Waals surface area contributed by atoms with E-state index in [1.807, 2.05) is 26.0 Å². The zero-order valence-corrected chi connectivity index (χ0v) is 11.2. The topological polar surface area (TPSA) is 92.4 Å². The first-order valence-electron chi connectivity index (χ1n) is 6.31. The molecule has 0 saturated heterocycles. The molecule has 0 aliphatic carbocycles. The predicted molar refractivity (Wildman–Crippen MR) is 72.6 cm³/mol. The van der Waals surface area contributed by atoms with E-state index >= 15 is 0 Å². The third kappa shape index (κ3) is 4.37. The van der Waals surface area contributed by atoms with Crippen LogP contribution in [0.15, 0.2) is 24.3 Å². The fourth-order valence-electron chi connectivity index (χ4n) is 1.73. The van der Waals surface area contributed by atoms with Crippen LogP contribution >= 0.6 is 0 Å². The summed E-state index contributed by atoms with van der Waals surface area (Å²) >= 11 is 0. The molecule has 104 valence electrons. The van der Waals surface area contributed by atoms with Crippen LogP contribution in [0.4, 0.5) is 0 Å². The third-order valence-electron chi connectivity index (χ3n) is 2.91. The summed E-state index contributed by atoms with van der Waals surface area (Å²) in [5, 5.41) is 11.5. The van der Waals surface area contributed by atoms with Crippen LogP contribution in [0.1, 0.15) is 36.9 Å². The lowest BCUT2D eigenvalue weighted by atomic mass is 10.0. The molecule has 2 atom stereocenters. The van der Waals surface area contributed by atoms with E-state index in [-0.39, 0.29) is 0 Å². The number of carbonyl (C=O) groups is 2. The molecule has 2 unspecified atom stereocenters. The Balaban J connectivity index is 2.71. The number of carboxylic acids is 1. The lowest BCUT2D eigenvalue weighted by molar-refractivity contribution is -0.142. The molecule has 19 heavy (non-hydrogen) atoms. The van der Waals surface area contributed by atoms with E-state index in [2.05, 4.69) is 5.32 Å². The molecule has 1 aromatic carbocycles. The molecule has 0 radical (unpaired) electrons. The smallest absolute Gasteiger partial charge is 0.326 e. The van der Waals surface area contributed by atoms with Crippen LogP contribution in [-0.2, 0) is 9.59 Å². The Labute approximate surface area is 112 Å². The maximum Gasteiger partial charge on any atom is 0.326 e. The van der Waals surface area contributed by atoms with E-state index in [1.54, 1.807) is 12.1 Å². The van der Waals surface area contributed by atoms with Crippen molar-refractivity contribution >= 4 is 11.9 Å². The molecule has 1 rings (SSSR count). The average molecular weight is 264 g/mol. The molecule has 0 bridgehead atoms. The van der Waals surface area contributed by atoms with Crippen LogP contribution in [0.3, 0.4) is 0 Å². The summed E-state index contributed by atoms with van der Waals surface area (Å²) < 4.78 is 0. The van der Waals surface area contributed by atoms with Gasteiger partial charge in [0.25, 0.3) is 0 Å². The Morgan fingerprint density at radius 3 is 2.37 bits per heavy atom. The second kappa shape index (κ2) is 6.89. The molecule has 4 N–H and O–H groups in total. The van der Waals surface area contributed by atoms with Gasteiger partial charge >= 0.3 is 5.97 Å². The summed E-state index contributed by atoms with van der Waals surface area (Å²) in [6, 6.07) is 5.55. The first-order chi connectivity index (χ1) is 8.95. The van der Waals surface area contributed by atoms with Gasteiger partial charge in [-0.15, -0.1) is 0 Å². The number of nitrogens with one attached hydrogen (secondary N) is 1. The van der Waals surface area contributed by atoms with E-state index in [0.717, 1.165) is 5.56 Å². The van der Waals surface area contributed by atoms with Gasteiger partial charge in [0.15, 0.2) is 0 Å². The highest BCUT2D eigenvalue weighted by molar-refractivity contribution is 5.87. The number of hydrogen-bond donors (Lipinski definition) is 3. The van der Waals surface area contributed by atoms with Gasteiger partial charge in [0.1, 0.15) is 12.1 Å². The lowest BCUT2D eigenvalue weighted by Gasteiger charge is -2.17. The molecular formula is C14H20N2O3. The van der Waals surface area contributed by atoms with E-state index in [0.29, 0.717) is 18.4 Å². The van der Waals surface area contributed by atoms with Gasteiger partial charge in [0.2, 0.25) is 5.91 Å². The second-order valence-electron chi connectivity index (χ2n) is 4.58. The van der Waals surface area contributed by atoms with Gasteiger partial charge in [0.05, 0.1) is 0 Å². The van der Waals surface area contributed by atoms with Crippen molar-refractivity contribution in [3.8, 4) is 0 Å². The molecule has 1 amide bonds. The highest BCUT2D eigenvalue weighted by Gasteiger charge is 2.23.